The summed E-state index contributed by atoms with van der Waals surface area (Å²) in [4.78, 5) is 4.50. The smallest absolute Gasteiger partial charge is 0.247 e. The van der Waals surface area contributed by atoms with Crippen LogP contribution in [0.1, 0.15) is 5.56 Å². The van der Waals surface area contributed by atoms with Gasteiger partial charge in [-0.05, 0) is 36.1 Å². The Morgan fingerprint density at radius 3 is 2.81 bits per heavy atom. The third-order valence-corrected chi connectivity index (χ3v) is 4.89. The van der Waals surface area contributed by atoms with Crippen molar-refractivity contribution in [3.63, 3.8) is 0 Å². The molecule has 130 valence electrons. The van der Waals surface area contributed by atoms with Gasteiger partial charge in [0.1, 0.15) is 0 Å². The molecular weight excluding hydrogens is 412 g/mol. The molecule has 0 bridgehead atoms. The van der Waals surface area contributed by atoms with Crippen LogP contribution in [0.4, 0.5) is 5.69 Å². The van der Waals surface area contributed by atoms with Crippen molar-refractivity contribution in [2.75, 3.05) is 11.6 Å². The largest absolute Gasteiger partial charge is 0.448 e. The number of hydrogen-bond acceptors (Lipinski definition) is 6. The van der Waals surface area contributed by atoms with Gasteiger partial charge in [0.2, 0.25) is 11.0 Å². The van der Waals surface area contributed by atoms with Crippen LogP contribution in [0.15, 0.2) is 64.2 Å². The van der Waals surface area contributed by atoms with Crippen molar-refractivity contribution < 1.29 is 4.74 Å². The van der Waals surface area contributed by atoms with Crippen LogP contribution in [0.5, 0.6) is 5.88 Å². The summed E-state index contributed by atoms with van der Waals surface area (Å²) in [5, 5.41) is 12.5. The summed E-state index contributed by atoms with van der Waals surface area (Å²) < 4.78 is 7.06. The van der Waals surface area contributed by atoms with Crippen LogP contribution in [0.25, 0.3) is 17.3 Å². The van der Waals surface area contributed by atoms with E-state index in [9.17, 15) is 0 Å². The van der Waals surface area contributed by atoms with E-state index in [1.54, 1.807) is 0 Å². The Kier molecular flexibility index (Phi) is 4.90. The molecule has 0 amide bonds. The Labute approximate surface area is 164 Å². The quantitative estimate of drug-likeness (QED) is 0.602. The molecule has 5 nitrogen and oxygen atoms in total. The molecule has 1 aliphatic heterocycles. The van der Waals surface area contributed by atoms with Crippen LogP contribution < -0.4 is 10.1 Å². The molecule has 1 N–H and O–H groups in total. The van der Waals surface area contributed by atoms with Gasteiger partial charge in [-0.15, -0.1) is 10.2 Å². The zero-order valence-electron chi connectivity index (χ0n) is 13.9. The molecule has 0 spiro atoms. The minimum absolute atomic E-state index is 0.372. The highest BCUT2D eigenvalue weighted by Crippen LogP contribution is 2.38. The lowest BCUT2D eigenvalue weighted by molar-refractivity contribution is 0.266. The summed E-state index contributed by atoms with van der Waals surface area (Å²) in [5.74, 6) is 0.469. The molecule has 0 radical (unpaired) electrons. The number of benzene rings is 2. The Morgan fingerprint density at radius 1 is 1.15 bits per heavy atom. The first-order valence-corrected chi connectivity index (χ1v) is 10.00. The van der Waals surface area contributed by atoms with E-state index in [0.29, 0.717) is 16.7 Å². The number of aromatic nitrogens is 3. The molecule has 2 aromatic carbocycles. The third-order valence-electron chi connectivity index (χ3n) is 3.85. The van der Waals surface area contributed by atoms with Crippen LogP contribution in [0.3, 0.4) is 0 Å². The highest BCUT2D eigenvalue weighted by atomic mass is 79.9. The number of ether oxygens (including phenoxy) is 1. The SMILES string of the molecule is CSc1nnc2c(n1)O[C@@H](/C=C/c1ccccc1)Nc1ccc(Br)cc1-2. The Bertz CT molecular complexity index is 965. The van der Waals surface area contributed by atoms with E-state index in [0.717, 1.165) is 21.3 Å². The first-order chi connectivity index (χ1) is 12.7. The normalized spacial score (nSPS) is 15.5. The third kappa shape index (κ3) is 3.59. The van der Waals surface area contributed by atoms with Gasteiger partial charge in [-0.1, -0.05) is 64.1 Å². The number of anilines is 1. The fraction of sp³-hybridized carbons (Fsp3) is 0.105. The summed E-state index contributed by atoms with van der Waals surface area (Å²) in [6.07, 6.45) is 5.53. The van der Waals surface area contributed by atoms with E-state index in [1.165, 1.54) is 11.8 Å². The van der Waals surface area contributed by atoms with Gasteiger partial charge in [0, 0.05) is 15.7 Å². The molecule has 4 rings (SSSR count). The van der Waals surface area contributed by atoms with Gasteiger partial charge in [0.05, 0.1) is 0 Å². The summed E-state index contributed by atoms with van der Waals surface area (Å²) in [7, 11) is 0. The summed E-state index contributed by atoms with van der Waals surface area (Å²) in [6.45, 7) is 0. The van der Waals surface area contributed by atoms with E-state index < -0.39 is 0 Å². The summed E-state index contributed by atoms with van der Waals surface area (Å²) >= 11 is 4.95. The lowest BCUT2D eigenvalue weighted by Crippen LogP contribution is -2.23. The van der Waals surface area contributed by atoms with E-state index in [-0.39, 0.29) is 6.23 Å². The van der Waals surface area contributed by atoms with Gasteiger partial charge >= 0.3 is 0 Å². The number of hydrogen-bond donors (Lipinski definition) is 1. The second kappa shape index (κ2) is 7.47. The van der Waals surface area contributed by atoms with Crippen molar-refractivity contribution in [1.82, 2.24) is 15.2 Å². The molecule has 0 fully saturated rings. The van der Waals surface area contributed by atoms with Gasteiger partial charge in [0.15, 0.2) is 11.9 Å². The second-order valence-corrected chi connectivity index (χ2v) is 7.28. The van der Waals surface area contributed by atoms with Crippen molar-refractivity contribution >= 4 is 39.5 Å². The molecular formula is C19H15BrN4OS. The first kappa shape index (κ1) is 17.1. The van der Waals surface area contributed by atoms with Crippen LogP contribution in [-0.4, -0.2) is 27.7 Å². The molecule has 26 heavy (non-hydrogen) atoms. The first-order valence-electron chi connectivity index (χ1n) is 7.98. The van der Waals surface area contributed by atoms with E-state index >= 15 is 0 Å². The number of halogens is 1. The molecule has 1 aromatic heterocycles. The van der Waals surface area contributed by atoms with E-state index in [1.807, 2.05) is 66.9 Å². The van der Waals surface area contributed by atoms with Gasteiger partial charge in [-0.25, -0.2) is 0 Å². The molecule has 3 aromatic rings. The number of rotatable bonds is 3. The number of thioether (sulfide) groups is 1. The zero-order valence-corrected chi connectivity index (χ0v) is 16.3. The minimum atomic E-state index is -0.372. The molecule has 1 aliphatic rings. The van der Waals surface area contributed by atoms with E-state index in [2.05, 4.69) is 36.4 Å². The maximum atomic E-state index is 6.10. The average Bonchev–Trinajstić information content (AvgIpc) is 2.83. The Morgan fingerprint density at radius 2 is 2.00 bits per heavy atom. The second-order valence-electron chi connectivity index (χ2n) is 5.59. The van der Waals surface area contributed by atoms with Gasteiger partial charge < -0.3 is 10.1 Å². The van der Waals surface area contributed by atoms with Gasteiger partial charge in [-0.3, -0.25) is 0 Å². The Hall–Kier alpha value is -2.38. The molecule has 0 saturated heterocycles. The van der Waals surface area contributed by atoms with Crippen LogP contribution >= 0.6 is 27.7 Å². The average molecular weight is 427 g/mol. The maximum absolute atomic E-state index is 6.10. The lowest BCUT2D eigenvalue weighted by Gasteiger charge is -2.15. The molecule has 0 unspecified atom stereocenters. The van der Waals surface area contributed by atoms with Gasteiger partial charge in [-0.2, -0.15) is 4.98 Å². The van der Waals surface area contributed by atoms with Crippen LogP contribution in [0.2, 0.25) is 0 Å². The minimum Gasteiger partial charge on any atom is -0.448 e. The Balaban J connectivity index is 1.75. The standard InChI is InChI=1S/C19H15BrN4OS/c1-26-19-22-18-17(23-24-19)14-11-13(20)8-9-15(14)21-16(25-18)10-7-12-5-3-2-4-6-12/h2-11,16,21H,1H3/b10-7+/t16-/m0/s1. The topological polar surface area (TPSA) is 59.9 Å². The number of nitrogens with zero attached hydrogens (tertiary/aromatic N) is 3. The van der Waals surface area contributed by atoms with Crippen molar-refractivity contribution in [3.05, 3.63) is 64.6 Å². The molecule has 7 heteroatoms. The number of nitrogens with one attached hydrogen (secondary N) is 1. The maximum Gasteiger partial charge on any atom is 0.247 e. The van der Waals surface area contributed by atoms with Crippen LogP contribution in [0, 0.1) is 0 Å². The highest BCUT2D eigenvalue weighted by molar-refractivity contribution is 9.10. The monoisotopic (exact) mass is 426 g/mol. The zero-order chi connectivity index (χ0) is 17.9. The summed E-state index contributed by atoms with van der Waals surface area (Å²) in [5.41, 5.74) is 3.55. The van der Waals surface area contributed by atoms with Crippen molar-refractivity contribution in [2.45, 2.75) is 11.4 Å². The predicted molar refractivity (Wildman–Crippen MR) is 108 cm³/mol. The highest BCUT2D eigenvalue weighted by Gasteiger charge is 2.24. The molecule has 2 heterocycles. The lowest BCUT2D eigenvalue weighted by atomic mass is 10.1. The molecule has 1 atom stereocenters. The van der Waals surface area contributed by atoms with Crippen molar-refractivity contribution in [2.24, 2.45) is 0 Å². The number of fused-ring (bicyclic) bond motifs is 3. The van der Waals surface area contributed by atoms with Gasteiger partial charge in [0.25, 0.3) is 0 Å². The predicted octanol–water partition coefficient (Wildman–Crippen LogP) is 4.87. The van der Waals surface area contributed by atoms with Crippen molar-refractivity contribution in [3.8, 4) is 17.1 Å². The molecule has 0 aliphatic carbocycles. The fourth-order valence-corrected chi connectivity index (χ4v) is 3.28. The van der Waals surface area contributed by atoms with Crippen LogP contribution in [-0.2, 0) is 0 Å². The van der Waals surface area contributed by atoms with Crippen molar-refractivity contribution in [1.29, 1.82) is 0 Å². The summed E-state index contributed by atoms with van der Waals surface area (Å²) in [6, 6.07) is 16.1. The van der Waals surface area contributed by atoms with E-state index in [4.69, 9.17) is 4.74 Å². The molecule has 0 saturated carbocycles. The fourth-order valence-electron chi connectivity index (χ4n) is 2.63.